The second-order valence-electron chi connectivity index (χ2n) is 27.1. The number of rotatable bonds is 20. The zero-order chi connectivity index (χ0) is 92.6. The van der Waals surface area contributed by atoms with Crippen molar-refractivity contribution in [3.63, 3.8) is 0 Å². The Morgan fingerprint density at radius 2 is 1.26 bits per heavy atom. The van der Waals surface area contributed by atoms with Crippen LogP contribution in [0.4, 0.5) is 0 Å². The lowest BCUT2D eigenvalue weighted by Crippen LogP contribution is -2.71. The molecule has 0 saturated carbocycles. The lowest BCUT2D eigenvalue weighted by atomic mass is 9.80. The van der Waals surface area contributed by atoms with Gasteiger partial charge in [0.1, 0.15) is 84.7 Å². The van der Waals surface area contributed by atoms with Gasteiger partial charge in [0.2, 0.25) is 11.8 Å². The highest BCUT2D eigenvalue weighted by atomic mass is 35.5. The number of alkyl halides is 1. The Hall–Kier alpha value is -13.0. The van der Waals surface area contributed by atoms with E-state index in [0.717, 1.165) is 39.9 Å². The quantitative estimate of drug-likeness (QED) is 0.0111. The minimum atomic E-state index is -1.59. The number of allylic oxidation sites excluding steroid dienone is 3. The van der Waals surface area contributed by atoms with Crippen LogP contribution in [-0.2, 0) is 40.1 Å². The minimum Gasteiger partial charge on any atom is -0.508 e. The van der Waals surface area contributed by atoms with E-state index >= 15 is 0 Å². The molecule has 15 rings (SSSR count). The summed E-state index contributed by atoms with van der Waals surface area (Å²) in [6.45, 7) is 20.5. The molecule has 5 aliphatic heterocycles. The van der Waals surface area contributed by atoms with Crippen LogP contribution in [0.15, 0.2) is 203 Å². The van der Waals surface area contributed by atoms with E-state index < -0.39 is 117 Å². The molecule has 660 valence electrons. The topological polar surface area (TPSA) is 520 Å². The van der Waals surface area contributed by atoms with Gasteiger partial charge in [0.15, 0.2) is 16.9 Å². The fourth-order valence-electron chi connectivity index (χ4n) is 13.5. The van der Waals surface area contributed by atoms with Gasteiger partial charge in [0.25, 0.3) is 11.8 Å². The van der Waals surface area contributed by atoms with Crippen molar-refractivity contribution in [1.82, 2.24) is 26.2 Å². The van der Waals surface area contributed by atoms with Gasteiger partial charge in [-0.3, -0.25) is 43.5 Å². The van der Waals surface area contributed by atoms with Gasteiger partial charge < -0.3 is 84.9 Å². The third kappa shape index (κ3) is 22.0. The molecule has 7 atom stereocenters. The van der Waals surface area contributed by atoms with Crippen LogP contribution in [0.3, 0.4) is 0 Å². The third-order valence-corrected chi connectivity index (χ3v) is 23.4. The number of carboxylic acids is 5. The van der Waals surface area contributed by atoms with E-state index in [1.807, 2.05) is 74.5 Å². The number of aromatic hydroxyl groups is 3. The Labute approximate surface area is 739 Å². The largest absolute Gasteiger partial charge is 0.508 e. The van der Waals surface area contributed by atoms with Gasteiger partial charge in [-0.25, -0.2) is 28.8 Å². The van der Waals surface area contributed by atoms with Crippen LogP contribution in [0.1, 0.15) is 101 Å². The number of carbonyl (C=O) groups is 9. The number of hydrogen-bond acceptors (Lipinski definition) is 26. The highest BCUT2D eigenvalue weighted by molar-refractivity contribution is 8.01. The number of fused-ring (bicyclic) bond motifs is 7. The molecule has 13 N–H and O–H groups in total. The van der Waals surface area contributed by atoms with E-state index in [2.05, 4.69) is 32.8 Å². The van der Waals surface area contributed by atoms with Crippen molar-refractivity contribution >= 4 is 168 Å². The van der Waals surface area contributed by atoms with Crippen molar-refractivity contribution in [2.24, 2.45) is 10.9 Å². The number of aliphatic hydroxyl groups is 1. The average Bonchev–Trinajstić information content (AvgIpc) is 0.737. The number of carbonyl (C=O) groups excluding carboxylic acids is 4. The molecule has 0 bridgehead atoms. The maximum Gasteiger partial charge on any atom is 0.354 e. The van der Waals surface area contributed by atoms with Crippen LogP contribution in [0.5, 0.6) is 17.2 Å². The summed E-state index contributed by atoms with van der Waals surface area (Å²) in [6.07, 6.45) is 6.07. The van der Waals surface area contributed by atoms with Crippen LogP contribution >= 0.6 is 58.5 Å². The maximum absolute atomic E-state index is 13.3. The third-order valence-electron chi connectivity index (χ3n) is 19.1. The van der Waals surface area contributed by atoms with Gasteiger partial charge in [-0.05, 0) is 121 Å². The van der Waals surface area contributed by atoms with Crippen LogP contribution < -0.4 is 54.0 Å². The first kappa shape index (κ1) is 96.8. The summed E-state index contributed by atoms with van der Waals surface area (Å²) < 4.78 is 22.0. The lowest BCUT2D eigenvalue weighted by Gasteiger charge is -2.49. The summed E-state index contributed by atoms with van der Waals surface area (Å²) in [5, 5.41) is 97.5. The molecule has 7 unspecified atom stereocenters. The molecular weight excluding hydrogens is 1740 g/mol. The summed E-state index contributed by atoms with van der Waals surface area (Å²) in [7, 11) is 0. The smallest absolute Gasteiger partial charge is 0.354 e. The molecule has 32 nitrogen and oxygen atoms in total. The number of aromatic carboxylic acids is 1. The maximum atomic E-state index is 13.3. The van der Waals surface area contributed by atoms with Crippen LogP contribution in [0, 0.1) is 5.92 Å². The van der Waals surface area contributed by atoms with Crippen molar-refractivity contribution in [3.8, 4) is 51.0 Å². The number of aliphatic carboxylic acids is 4. The highest BCUT2D eigenvalue weighted by Crippen LogP contribution is 2.47. The number of amides is 4. The summed E-state index contributed by atoms with van der Waals surface area (Å²) >= 11 is 15.4. The molecule has 9 aliphatic rings. The molecule has 1 saturated heterocycles. The van der Waals surface area contributed by atoms with E-state index in [9.17, 15) is 103 Å². The van der Waals surface area contributed by atoms with E-state index in [1.54, 1.807) is 48.5 Å². The van der Waals surface area contributed by atoms with Crippen LogP contribution in [0.25, 0.3) is 84.4 Å². The first-order valence-corrected chi connectivity index (χ1v) is 43.1. The zero-order valence-electron chi connectivity index (χ0n) is 68.8. The Bertz CT molecular complexity index is 6450. The number of halogens is 2. The molecule has 1 fully saturated rings. The van der Waals surface area contributed by atoms with Gasteiger partial charge in [0.05, 0.1) is 46.6 Å². The highest BCUT2D eigenvalue weighted by Gasteiger charge is 2.54. The second-order valence-corrected chi connectivity index (χ2v) is 31.2. The van der Waals surface area contributed by atoms with Crippen molar-refractivity contribution < 1.29 is 107 Å². The standard InChI is InChI=1S/C40H30ClN3O12S2.C21H16O5.C20H16ClN3O9S.4C2H6/c41-27-8-17-7-18(40(54)56-29(17)12-28(27)47)13-42-14-32(48)43-34-36(49)44-35(39(52)53)19(16-58-37(34)44)15-57-22-3-6-23(26(11-22)38(50)51)33-24-4-1-20(45)9-30(24)55-31-10-21(46)2-5-25(31)33;1-11-2-5-14(17(8-11)21(24)25)20-15-6-3-12(22)9-18(15)26-19-10-13(23)4-7-16(19)20;1-7-6-34-17(24-14(7)18(28)29)15(19(30)31)23-13(26)5-22-16(27)9-2-8-3-10(21)11(25)4-12(8)33-20(9)32;4*1-2/h1-12,27-28,34,37,42,45,47H,13-16H2,(H,43,48)(H,50,51)(H,52,53);2-7,9-10,17,22H,8H2,1H3,(H,24,25);2-4,15,17,25H,1,5-6H2,(H,22,27)(H,23,26)(H,28,29)(H,30,31);4*1-2H3. The zero-order valence-corrected chi connectivity index (χ0v) is 72.8. The van der Waals surface area contributed by atoms with Crippen molar-refractivity contribution in [3.05, 3.63) is 236 Å². The van der Waals surface area contributed by atoms with E-state index in [0.29, 0.717) is 72.1 Å². The Balaban J connectivity index is 0.000000224. The first-order valence-electron chi connectivity index (χ1n) is 39.2. The number of β-lactam (4-membered cyclic amide) rings is 1. The van der Waals surface area contributed by atoms with Gasteiger partial charge in [-0.1, -0.05) is 103 Å². The summed E-state index contributed by atoms with van der Waals surface area (Å²) in [5.74, 6) is -9.38. The molecule has 37 heteroatoms. The molecule has 0 radical (unpaired) electrons. The number of nitrogens with zero attached hydrogens (tertiary/aromatic N) is 2. The van der Waals surface area contributed by atoms with Crippen molar-refractivity contribution in [1.29, 1.82) is 0 Å². The van der Waals surface area contributed by atoms with Crippen LogP contribution in [0.2, 0.25) is 5.02 Å². The van der Waals surface area contributed by atoms with E-state index in [-0.39, 0.29) is 119 Å². The number of aliphatic imine (C=N–C) groups is 1. The molecule has 4 aliphatic carbocycles. The molecule has 4 aromatic carbocycles. The number of aliphatic hydroxyl groups excluding tert-OH is 1. The number of phenolic OH excluding ortho intramolecular Hbond substituents is 3. The monoisotopic (exact) mass is 1820 g/mol. The minimum absolute atomic E-state index is 0.0144. The number of carboxylic acid groups (broad SMARTS) is 5. The van der Waals surface area contributed by atoms with Gasteiger partial charge in [-0.15, -0.1) is 46.9 Å². The first-order chi connectivity index (χ1) is 60.2. The average molecular weight is 1820 g/mol. The molecule has 6 aromatic rings. The summed E-state index contributed by atoms with van der Waals surface area (Å²) in [5.41, 5.74) is 2.73. The SMILES string of the molecule is C=C1CSC(C(NC(=O)CNC(=O)c2cc3cc(Cl)c(O)cc3oc2=O)C(=O)O)N=C1C(=O)O.CC.CC.CC.CC.CC1=CC=C(c2c3ccc(=O)cc-3oc3cc(O)ccc23)C(C(=O)O)C1.O=C(CNCc1cc2c(oc1=O)=CC(O)C(Cl)C=2)NC1C(=O)N2C(C(=O)O)=C(CSc3ccc(-c4c5ccc(=O)cc-5oc5cc(O)ccc45)c(C(=O)O)c3)CSC12. The molecule has 2 aromatic heterocycles. The summed E-state index contributed by atoms with van der Waals surface area (Å²) in [6, 6.07) is 25.1. The van der Waals surface area contributed by atoms with E-state index in [4.69, 9.17) is 46.0 Å². The second kappa shape index (κ2) is 43.0. The van der Waals surface area contributed by atoms with Crippen molar-refractivity contribution in [2.75, 3.05) is 30.3 Å². The van der Waals surface area contributed by atoms with Crippen LogP contribution in [-0.4, -0.2) is 175 Å². The Morgan fingerprint density at radius 3 is 1.87 bits per heavy atom. The van der Waals surface area contributed by atoms with E-state index in [1.165, 1.54) is 90.3 Å². The number of phenols is 3. The molecule has 126 heavy (non-hydrogen) atoms. The predicted octanol–water partition coefficient (Wildman–Crippen LogP) is 10.8. The van der Waals surface area contributed by atoms with Gasteiger partial charge >= 0.3 is 41.1 Å². The van der Waals surface area contributed by atoms with Gasteiger partial charge in [-0.2, -0.15) is 0 Å². The fourth-order valence-corrected chi connectivity index (χ4v) is 17.4. The lowest BCUT2D eigenvalue weighted by molar-refractivity contribution is -0.150. The normalized spacial score (nSPS) is 17.3. The summed E-state index contributed by atoms with van der Waals surface area (Å²) in [4.78, 5) is 165. The Kier molecular flexibility index (Phi) is 33.1. The predicted molar refractivity (Wildman–Crippen MR) is 479 cm³/mol. The Morgan fingerprint density at radius 1 is 0.643 bits per heavy atom. The van der Waals surface area contributed by atoms with Gasteiger partial charge in [0, 0.05) is 103 Å². The number of hydrogen-bond donors (Lipinski definition) is 13. The fraction of sp³-hybridized carbons (Fsp3) is 0.258. The number of thioether (sulfide) groups is 3. The van der Waals surface area contributed by atoms with Crippen molar-refractivity contribution in [2.45, 2.75) is 114 Å². The molecular formula is C89H86Cl2N6O26S3. The molecule has 7 heterocycles. The number of nitrogens with one attached hydrogen (secondary N) is 4. The number of benzene rings is 6. The molecule has 0 spiro atoms. The molecule has 4 amide bonds.